The first kappa shape index (κ1) is 22.0. The second-order valence-electron chi connectivity index (χ2n) is 7.60. The summed E-state index contributed by atoms with van der Waals surface area (Å²) in [5.74, 6) is 0.504. The highest BCUT2D eigenvalue weighted by atomic mass is 16.7. The Labute approximate surface area is 169 Å². The van der Waals surface area contributed by atoms with E-state index in [0.717, 1.165) is 50.5 Å². The van der Waals surface area contributed by atoms with Gasteiger partial charge >= 0.3 is 6.16 Å². The molecular weight excluding hydrogens is 348 g/mol. The molecule has 0 aromatic heterocycles. The molecule has 152 valence electrons. The molecule has 0 aliphatic rings. The van der Waals surface area contributed by atoms with Gasteiger partial charge in [0.25, 0.3) is 0 Å². The summed E-state index contributed by atoms with van der Waals surface area (Å²) in [6, 6.07) is 10.3. The molecule has 0 fully saturated rings. The van der Waals surface area contributed by atoms with E-state index in [0.29, 0.717) is 5.75 Å². The zero-order valence-corrected chi connectivity index (χ0v) is 17.8. The quantitative estimate of drug-likeness (QED) is 0.263. The van der Waals surface area contributed by atoms with E-state index >= 15 is 0 Å². The van der Waals surface area contributed by atoms with E-state index in [-0.39, 0.29) is 0 Å². The molecule has 3 nitrogen and oxygen atoms in total. The number of unbranched alkanes of at least 4 members (excludes halogenated alkanes) is 4. The van der Waals surface area contributed by atoms with E-state index in [2.05, 4.69) is 45.9 Å². The average molecular weight is 383 g/mol. The molecule has 0 heterocycles. The van der Waals surface area contributed by atoms with Crippen LogP contribution in [0, 0.1) is 13.8 Å². The fraction of sp³-hybridized carbons (Fsp3) is 0.480. The van der Waals surface area contributed by atoms with E-state index in [9.17, 15) is 9.90 Å². The van der Waals surface area contributed by atoms with Crippen LogP contribution in [0.25, 0.3) is 11.1 Å². The molecule has 0 amide bonds. The smallest absolute Gasteiger partial charge is 0.449 e. The van der Waals surface area contributed by atoms with Gasteiger partial charge in [0.1, 0.15) is 5.75 Å². The van der Waals surface area contributed by atoms with Crippen molar-refractivity contribution >= 4 is 6.16 Å². The lowest BCUT2D eigenvalue weighted by Crippen LogP contribution is -2.09. The Morgan fingerprint density at radius 3 is 2.11 bits per heavy atom. The van der Waals surface area contributed by atoms with Gasteiger partial charge in [-0.3, -0.25) is 0 Å². The predicted octanol–water partition coefficient (Wildman–Crippen LogP) is 7.49. The van der Waals surface area contributed by atoms with E-state index in [1.165, 1.54) is 34.2 Å². The largest absolute Gasteiger partial charge is 0.511 e. The Morgan fingerprint density at radius 1 is 0.857 bits per heavy atom. The minimum absolute atomic E-state index is 0.504. The lowest BCUT2D eigenvalue weighted by molar-refractivity contribution is 0.144. The molecule has 0 bridgehead atoms. The maximum atomic E-state index is 11.3. The van der Waals surface area contributed by atoms with E-state index in [4.69, 9.17) is 4.74 Å². The summed E-state index contributed by atoms with van der Waals surface area (Å²) in [7, 11) is 0. The van der Waals surface area contributed by atoms with Crippen molar-refractivity contribution in [1.82, 2.24) is 0 Å². The van der Waals surface area contributed by atoms with Crippen LogP contribution in [0.4, 0.5) is 4.79 Å². The molecule has 2 aromatic carbocycles. The first-order valence-corrected chi connectivity index (χ1v) is 10.6. The molecule has 0 saturated heterocycles. The summed E-state index contributed by atoms with van der Waals surface area (Å²) in [4.78, 5) is 11.3. The van der Waals surface area contributed by atoms with E-state index in [1.54, 1.807) is 0 Å². The monoisotopic (exact) mass is 382 g/mol. The van der Waals surface area contributed by atoms with Crippen LogP contribution >= 0.6 is 0 Å². The minimum Gasteiger partial charge on any atom is -0.449 e. The summed E-state index contributed by atoms with van der Waals surface area (Å²) in [6.45, 7) is 8.69. The Balaban J connectivity index is 2.60. The molecule has 2 aromatic rings. The van der Waals surface area contributed by atoms with Crippen molar-refractivity contribution in [2.24, 2.45) is 0 Å². The first-order valence-electron chi connectivity index (χ1n) is 10.6. The average Bonchev–Trinajstić information content (AvgIpc) is 2.66. The molecule has 0 unspecified atom stereocenters. The molecule has 2 rings (SSSR count). The van der Waals surface area contributed by atoms with Gasteiger partial charge in [-0.25, -0.2) is 4.79 Å². The number of ether oxygens (including phenoxy) is 1. The summed E-state index contributed by atoms with van der Waals surface area (Å²) in [5.41, 5.74) is 7.36. The highest BCUT2D eigenvalue weighted by Gasteiger charge is 2.18. The molecular formula is C25H34O3. The van der Waals surface area contributed by atoms with Gasteiger partial charge in [0.05, 0.1) is 0 Å². The third-order valence-corrected chi connectivity index (χ3v) is 5.54. The van der Waals surface area contributed by atoms with Crippen LogP contribution in [-0.2, 0) is 12.8 Å². The number of benzene rings is 2. The number of aryl methyl sites for hydroxylation is 1. The zero-order valence-electron chi connectivity index (χ0n) is 17.8. The van der Waals surface area contributed by atoms with Gasteiger partial charge in [-0.05, 0) is 79.0 Å². The van der Waals surface area contributed by atoms with Gasteiger partial charge in [0, 0.05) is 0 Å². The maximum Gasteiger partial charge on any atom is 0.511 e. The predicted molar refractivity (Wildman–Crippen MR) is 116 cm³/mol. The van der Waals surface area contributed by atoms with Gasteiger partial charge in [0.2, 0.25) is 0 Å². The van der Waals surface area contributed by atoms with Crippen molar-refractivity contribution in [2.75, 3.05) is 0 Å². The first-order chi connectivity index (χ1) is 13.5. The van der Waals surface area contributed by atoms with E-state index in [1.807, 2.05) is 12.1 Å². The Morgan fingerprint density at radius 2 is 1.50 bits per heavy atom. The van der Waals surface area contributed by atoms with Gasteiger partial charge < -0.3 is 9.84 Å². The zero-order chi connectivity index (χ0) is 20.5. The maximum absolute atomic E-state index is 11.3. The van der Waals surface area contributed by atoms with E-state index < -0.39 is 6.16 Å². The lowest BCUT2D eigenvalue weighted by atomic mass is 9.86. The lowest BCUT2D eigenvalue weighted by Gasteiger charge is -2.20. The molecule has 0 atom stereocenters. The van der Waals surface area contributed by atoms with Crippen LogP contribution in [0.5, 0.6) is 5.75 Å². The van der Waals surface area contributed by atoms with Gasteiger partial charge in [0.15, 0.2) is 0 Å². The van der Waals surface area contributed by atoms with Crippen LogP contribution < -0.4 is 4.74 Å². The van der Waals surface area contributed by atoms with Crippen molar-refractivity contribution in [2.45, 2.75) is 79.1 Å². The number of hydrogen-bond acceptors (Lipinski definition) is 2. The van der Waals surface area contributed by atoms with Gasteiger partial charge in [-0.1, -0.05) is 63.8 Å². The standard InChI is InChI=1S/C25H34O3/c1-5-7-9-13-21-22(20-15-11-12-18(3)19(20)4)16-17-24(28-25(26)27)23(21)14-10-8-6-2/h11-12,15-17H,5-10,13-14H2,1-4H3,(H,26,27). The Hall–Kier alpha value is -2.29. The summed E-state index contributed by atoms with van der Waals surface area (Å²) < 4.78 is 5.18. The molecule has 1 N–H and O–H groups in total. The highest BCUT2D eigenvalue weighted by Crippen LogP contribution is 2.37. The molecule has 0 aliphatic carbocycles. The number of rotatable bonds is 10. The fourth-order valence-corrected chi connectivity index (χ4v) is 3.82. The van der Waals surface area contributed by atoms with Crippen LogP contribution in [0.15, 0.2) is 30.3 Å². The SMILES string of the molecule is CCCCCc1c(OC(=O)O)ccc(-c2cccc(C)c2C)c1CCCCC. The second kappa shape index (κ2) is 10.9. The van der Waals surface area contributed by atoms with Gasteiger partial charge in [-0.2, -0.15) is 0 Å². The normalized spacial score (nSPS) is 10.9. The van der Waals surface area contributed by atoms with Crippen LogP contribution in [0.1, 0.15) is 74.6 Å². The molecule has 3 heteroatoms. The van der Waals surface area contributed by atoms with Gasteiger partial charge in [-0.15, -0.1) is 0 Å². The van der Waals surface area contributed by atoms with Crippen molar-refractivity contribution < 1.29 is 14.6 Å². The molecule has 0 spiro atoms. The molecule has 28 heavy (non-hydrogen) atoms. The number of carbonyl (C=O) groups is 1. The highest BCUT2D eigenvalue weighted by molar-refractivity contribution is 5.75. The van der Waals surface area contributed by atoms with Crippen molar-refractivity contribution in [3.63, 3.8) is 0 Å². The van der Waals surface area contributed by atoms with Crippen molar-refractivity contribution in [1.29, 1.82) is 0 Å². The van der Waals surface area contributed by atoms with Crippen LogP contribution in [0.2, 0.25) is 0 Å². The molecule has 0 saturated carbocycles. The third kappa shape index (κ3) is 5.60. The Kier molecular flexibility index (Phi) is 8.56. The topological polar surface area (TPSA) is 46.5 Å². The fourth-order valence-electron chi connectivity index (χ4n) is 3.82. The summed E-state index contributed by atoms with van der Waals surface area (Å²) >= 11 is 0. The second-order valence-corrected chi connectivity index (χ2v) is 7.60. The number of carboxylic acid groups (broad SMARTS) is 1. The van der Waals surface area contributed by atoms with Crippen LogP contribution in [0.3, 0.4) is 0 Å². The Bertz CT molecular complexity index is 793. The third-order valence-electron chi connectivity index (χ3n) is 5.54. The molecule has 0 radical (unpaired) electrons. The number of hydrogen-bond donors (Lipinski definition) is 1. The summed E-state index contributed by atoms with van der Waals surface area (Å²) in [5, 5.41) is 9.21. The molecule has 0 aliphatic heterocycles. The summed E-state index contributed by atoms with van der Waals surface area (Å²) in [6.07, 6.45) is 7.32. The van der Waals surface area contributed by atoms with Crippen molar-refractivity contribution in [3.8, 4) is 16.9 Å². The van der Waals surface area contributed by atoms with Crippen LogP contribution in [-0.4, -0.2) is 11.3 Å². The van der Waals surface area contributed by atoms with Crippen molar-refractivity contribution in [3.05, 3.63) is 52.6 Å². The minimum atomic E-state index is -1.24.